The van der Waals surface area contributed by atoms with Crippen LogP contribution >= 0.6 is 11.3 Å². The molecule has 0 spiro atoms. The van der Waals surface area contributed by atoms with Crippen LogP contribution in [-0.2, 0) is 0 Å². The van der Waals surface area contributed by atoms with E-state index in [9.17, 15) is 5.11 Å². The van der Waals surface area contributed by atoms with Crippen LogP contribution in [0.15, 0.2) is 109 Å². The van der Waals surface area contributed by atoms with Gasteiger partial charge in [0.15, 0.2) is 0 Å². The van der Waals surface area contributed by atoms with Crippen molar-refractivity contribution >= 4 is 55.1 Å². The maximum atomic E-state index is 9.66. The van der Waals surface area contributed by atoms with Crippen molar-refractivity contribution < 1.29 is 5.11 Å². The number of rotatable bonds is 3. The highest BCUT2D eigenvalue weighted by molar-refractivity contribution is 7.21. The molecule has 35 heavy (non-hydrogen) atoms. The van der Waals surface area contributed by atoms with Crippen molar-refractivity contribution in [3.63, 3.8) is 0 Å². The van der Waals surface area contributed by atoms with Crippen LogP contribution < -0.4 is 16.8 Å². The van der Waals surface area contributed by atoms with Gasteiger partial charge in [0, 0.05) is 28.0 Å². The van der Waals surface area contributed by atoms with Gasteiger partial charge in [-0.1, -0.05) is 48.5 Å². The second-order valence-electron chi connectivity index (χ2n) is 8.03. The van der Waals surface area contributed by atoms with Crippen LogP contribution in [0.3, 0.4) is 0 Å². The van der Waals surface area contributed by atoms with E-state index in [0.29, 0.717) is 5.69 Å². The molecule has 0 amide bonds. The van der Waals surface area contributed by atoms with E-state index in [1.807, 2.05) is 91.0 Å². The monoisotopic (exact) mass is 476 g/mol. The highest BCUT2D eigenvalue weighted by Gasteiger charge is 2.09. The fourth-order valence-corrected chi connectivity index (χ4v) is 4.69. The fraction of sp³-hybridized carbons (Fsp3) is 0. The third-order valence-corrected chi connectivity index (χ3v) is 6.64. The lowest BCUT2D eigenvalue weighted by molar-refractivity contribution is 0.478. The minimum absolute atomic E-state index is 0.121. The van der Waals surface area contributed by atoms with E-state index in [1.54, 1.807) is 17.4 Å². The molecule has 0 bridgehead atoms. The summed E-state index contributed by atoms with van der Waals surface area (Å²) in [6.45, 7) is 0. The van der Waals surface area contributed by atoms with Gasteiger partial charge in [-0.3, -0.25) is 0 Å². The zero-order valence-electron chi connectivity index (χ0n) is 18.8. The van der Waals surface area contributed by atoms with E-state index in [2.05, 4.69) is 22.4 Å². The molecule has 0 aliphatic heterocycles. The summed E-state index contributed by atoms with van der Waals surface area (Å²) in [5.74, 6) is 0.121. The van der Waals surface area contributed by atoms with E-state index >= 15 is 0 Å². The molecule has 172 valence electrons. The first-order valence-corrected chi connectivity index (χ1v) is 11.9. The molecular formula is C29H24N4OS. The lowest BCUT2D eigenvalue weighted by Crippen LogP contribution is -1.90. The lowest BCUT2D eigenvalue weighted by atomic mass is 10.1. The summed E-state index contributed by atoms with van der Waals surface area (Å²) in [5, 5.41) is 15.8. The Hall–Kier alpha value is -4.55. The first kappa shape index (κ1) is 22.3. The fourth-order valence-electron chi connectivity index (χ4n) is 3.73. The van der Waals surface area contributed by atoms with E-state index in [0.717, 1.165) is 43.9 Å². The number of nitrogen functional groups attached to an aromatic ring is 2. The maximum absolute atomic E-state index is 9.66. The Labute approximate surface area is 207 Å². The summed E-state index contributed by atoms with van der Waals surface area (Å²) in [6.07, 6.45) is 0. The quantitative estimate of drug-likeness (QED) is 0.157. The molecule has 5 nitrogen and oxygen atoms in total. The van der Waals surface area contributed by atoms with Crippen LogP contribution in [0.5, 0.6) is 5.75 Å². The van der Waals surface area contributed by atoms with Crippen molar-refractivity contribution in [2.45, 2.75) is 0 Å². The Bertz CT molecular complexity index is 1560. The second kappa shape index (κ2) is 9.75. The lowest BCUT2D eigenvalue weighted by Gasteiger charge is -2.05. The third-order valence-electron chi connectivity index (χ3n) is 5.55. The molecule has 1 heterocycles. The van der Waals surface area contributed by atoms with Crippen LogP contribution in [0, 0.1) is 0 Å². The van der Waals surface area contributed by atoms with Crippen molar-refractivity contribution in [2.24, 2.45) is 0 Å². The topological polar surface area (TPSA) is 97.2 Å². The standard InChI is InChI=1S/C17H12N2OS.C12H12N2/c18-16-12-7-5-11(9-10(12)6-8-14(16)20)17-19-13-3-1-2-4-15(13)21-17;13-10-6-8-12(9-7-10)14-11-4-2-1-3-5-11/h1-9,20H,18H2;1-9,14H,13H2. The van der Waals surface area contributed by atoms with Gasteiger partial charge in [-0.15, -0.1) is 11.3 Å². The first-order chi connectivity index (χ1) is 17.1. The molecule has 0 atom stereocenters. The van der Waals surface area contributed by atoms with Crippen molar-refractivity contribution in [1.29, 1.82) is 0 Å². The number of phenols is 1. The van der Waals surface area contributed by atoms with Gasteiger partial charge in [0.05, 0.1) is 15.9 Å². The molecule has 0 fully saturated rings. The summed E-state index contributed by atoms with van der Waals surface area (Å²) in [6, 6.07) is 35.3. The number of phenolic OH excluding ortho intramolecular Hbond substituents is 1. The summed E-state index contributed by atoms with van der Waals surface area (Å²) in [5.41, 5.74) is 16.9. The molecule has 6 N–H and O–H groups in total. The molecule has 6 rings (SSSR count). The predicted molar refractivity (Wildman–Crippen MR) is 149 cm³/mol. The largest absolute Gasteiger partial charge is 0.506 e. The third kappa shape index (κ3) is 5.03. The van der Waals surface area contributed by atoms with Crippen molar-refractivity contribution in [2.75, 3.05) is 16.8 Å². The van der Waals surface area contributed by atoms with E-state index in [1.165, 1.54) is 4.70 Å². The minimum Gasteiger partial charge on any atom is -0.506 e. The van der Waals surface area contributed by atoms with Gasteiger partial charge < -0.3 is 21.9 Å². The maximum Gasteiger partial charge on any atom is 0.139 e. The minimum atomic E-state index is 0.121. The van der Waals surface area contributed by atoms with Crippen LogP contribution in [0.2, 0.25) is 0 Å². The van der Waals surface area contributed by atoms with Crippen LogP contribution in [0.1, 0.15) is 0 Å². The molecule has 6 heteroatoms. The van der Waals surface area contributed by atoms with Crippen molar-refractivity contribution in [1.82, 2.24) is 4.98 Å². The molecule has 0 aliphatic rings. The molecule has 5 aromatic carbocycles. The Balaban J connectivity index is 0.000000158. The van der Waals surface area contributed by atoms with Crippen molar-refractivity contribution in [3.05, 3.63) is 109 Å². The molecule has 0 saturated carbocycles. The van der Waals surface area contributed by atoms with Gasteiger partial charge >= 0.3 is 0 Å². The smallest absolute Gasteiger partial charge is 0.139 e. The molecular weight excluding hydrogens is 452 g/mol. The molecule has 0 radical (unpaired) electrons. The van der Waals surface area contributed by atoms with Gasteiger partial charge in [0.25, 0.3) is 0 Å². The number of anilines is 4. The van der Waals surface area contributed by atoms with E-state index in [4.69, 9.17) is 11.5 Å². The van der Waals surface area contributed by atoms with Crippen LogP contribution in [0.4, 0.5) is 22.7 Å². The number of benzene rings is 5. The zero-order chi connectivity index (χ0) is 24.2. The molecule has 0 saturated heterocycles. The molecule has 1 aromatic heterocycles. The second-order valence-corrected chi connectivity index (χ2v) is 9.06. The summed E-state index contributed by atoms with van der Waals surface area (Å²) in [7, 11) is 0. The highest BCUT2D eigenvalue weighted by Crippen LogP contribution is 2.35. The first-order valence-electron chi connectivity index (χ1n) is 11.1. The molecule has 0 aliphatic carbocycles. The number of thiazole rings is 1. The SMILES string of the molecule is Nc1c(O)ccc2cc(-c3nc4ccccc4s3)ccc12.Nc1ccc(Nc2ccccc2)cc1. The summed E-state index contributed by atoms with van der Waals surface area (Å²) >= 11 is 1.67. The average Bonchev–Trinajstić information content (AvgIpc) is 3.33. The number of hydrogen-bond acceptors (Lipinski definition) is 6. The number of nitrogens with one attached hydrogen (secondary N) is 1. The van der Waals surface area contributed by atoms with Gasteiger partial charge in [0.2, 0.25) is 0 Å². The van der Waals surface area contributed by atoms with Gasteiger partial charge in [-0.25, -0.2) is 4.98 Å². The number of hydrogen-bond donors (Lipinski definition) is 4. The number of para-hydroxylation sites is 2. The van der Waals surface area contributed by atoms with Crippen LogP contribution in [0.25, 0.3) is 31.6 Å². The number of nitrogens with zero attached hydrogens (tertiary/aromatic N) is 1. The Morgan fingerprint density at radius 3 is 2.20 bits per heavy atom. The Morgan fingerprint density at radius 1 is 0.714 bits per heavy atom. The number of nitrogens with two attached hydrogens (primary N) is 2. The molecule has 6 aromatic rings. The highest BCUT2D eigenvalue weighted by atomic mass is 32.1. The Kier molecular flexibility index (Phi) is 6.20. The Morgan fingerprint density at radius 2 is 1.43 bits per heavy atom. The van der Waals surface area contributed by atoms with Gasteiger partial charge in [-0.2, -0.15) is 0 Å². The zero-order valence-corrected chi connectivity index (χ0v) is 19.7. The number of aromatic hydroxyl groups is 1. The predicted octanol–water partition coefficient (Wildman–Crippen LogP) is 7.42. The van der Waals surface area contributed by atoms with E-state index in [-0.39, 0.29) is 5.75 Å². The average molecular weight is 477 g/mol. The number of aromatic nitrogens is 1. The van der Waals surface area contributed by atoms with Gasteiger partial charge in [0.1, 0.15) is 10.8 Å². The molecule has 0 unspecified atom stereocenters. The van der Waals surface area contributed by atoms with Gasteiger partial charge in [-0.05, 0) is 66.0 Å². The van der Waals surface area contributed by atoms with Crippen molar-refractivity contribution in [3.8, 4) is 16.3 Å². The van der Waals surface area contributed by atoms with E-state index < -0.39 is 0 Å². The van der Waals surface area contributed by atoms with Crippen LogP contribution in [-0.4, -0.2) is 10.1 Å². The number of fused-ring (bicyclic) bond motifs is 2. The summed E-state index contributed by atoms with van der Waals surface area (Å²) in [4.78, 5) is 4.67. The summed E-state index contributed by atoms with van der Waals surface area (Å²) < 4.78 is 1.18. The normalized spacial score (nSPS) is 10.6.